The molecule has 1 fully saturated rings. The van der Waals surface area contributed by atoms with Crippen molar-refractivity contribution in [3.63, 3.8) is 0 Å². The molecule has 1 heterocycles. The first-order chi connectivity index (χ1) is 14.7. The molecule has 2 aromatic rings. The summed E-state index contributed by atoms with van der Waals surface area (Å²) < 4.78 is 10.9. The van der Waals surface area contributed by atoms with Crippen LogP contribution in [-0.4, -0.2) is 62.8 Å². The van der Waals surface area contributed by atoms with Crippen LogP contribution in [0.4, 0.5) is 0 Å². The number of hydrogen-bond donors (Lipinski definition) is 1. The average Bonchev–Trinajstić information content (AvgIpc) is 2.77. The second kappa shape index (κ2) is 13.5. The Labute approximate surface area is 203 Å². The molecule has 0 aliphatic carbocycles. The number of rotatable bonds is 8. The van der Waals surface area contributed by atoms with Gasteiger partial charge >= 0.3 is 0 Å². The maximum atomic E-state index is 5.51. The Hall–Kier alpha value is -1.84. The van der Waals surface area contributed by atoms with Gasteiger partial charge in [-0.2, -0.15) is 0 Å². The highest BCUT2D eigenvalue weighted by molar-refractivity contribution is 14.0. The molecule has 31 heavy (non-hydrogen) atoms. The summed E-state index contributed by atoms with van der Waals surface area (Å²) in [6.07, 6.45) is 0. The average molecular weight is 538 g/mol. The third kappa shape index (κ3) is 8.31. The Bertz CT molecular complexity index is 790. The van der Waals surface area contributed by atoms with E-state index < -0.39 is 0 Å². The molecule has 0 amide bonds. The molecule has 1 aliphatic heterocycles. The van der Waals surface area contributed by atoms with Gasteiger partial charge in [0.15, 0.2) is 5.96 Å². The summed E-state index contributed by atoms with van der Waals surface area (Å²) in [6, 6.07) is 17.1. The lowest BCUT2D eigenvalue weighted by molar-refractivity contribution is 0.0342. The van der Waals surface area contributed by atoms with E-state index in [-0.39, 0.29) is 24.0 Å². The van der Waals surface area contributed by atoms with Crippen molar-refractivity contribution < 1.29 is 9.47 Å². The molecule has 0 bridgehead atoms. The number of halogens is 1. The first kappa shape index (κ1) is 25.4. The van der Waals surface area contributed by atoms with E-state index in [1.807, 2.05) is 26.1 Å². The van der Waals surface area contributed by atoms with Crippen LogP contribution in [0.15, 0.2) is 53.5 Å². The zero-order valence-corrected chi connectivity index (χ0v) is 21.2. The Balaban J connectivity index is 0.00000341. The predicted molar refractivity (Wildman–Crippen MR) is 137 cm³/mol. The zero-order valence-electron chi connectivity index (χ0n) is 18.8. The monoisotopic (exact) mass is 538 g/mol. The first-order valence-electron chi connectivity index (χ1n) is 10.7. The van der Waals surface area contributed by atoms with Gasteiger partial charge < -0.3 is 19.7 Å². The number of morpholine rings is 1. The number of nitrogens with one attached hydrogen (secondary N) is 1. The highest BCUT2D eigenvalue weighted by Crippen LogP contribution is 2.14. The van der Waals surface area contributed by atoms with Gasteiger partial charge in [0.05, 0.1) is 19.8 Å². The van der Waals surface area contributed by atoms with Gasteiger partial charge in [-0.25, -0.2) is 0 Å². The van der Waals surface area contributed by atoms with Crippen LogP contribution in [0.3, 0.4) is 0 Å². The SMILES string of the molecule is CCOc1ccc(CN(C)C(=NC)NCc2ccc(CN3CCOCC3)cc2)cc1.I. The van der Waals surface area contributed by atoms with Crippen LogP contribution in [0.25, 0.3) is 0 Å². The number of hydrogen-bond acceptors (Lipinski definition) is 4. The van der Waals surface area contributed by atoms with Crippen LogP contribution in [0.2, 0.25) is 0 Å². The molecule has 1 N–H and O–H groups in total. The van der Waals surface area contributed by atoms with E-state index in [4.69, 9.17) is 9.47 Å². The van der Waals surface area contributed by atoms with E-state index in [1.54, 1.807) is 0 Å². The Morgan fingerprint density at radius 2 is 1.65 bits per heavy atom. The van der Waals surface area contributed by atoms with Gasteiger partial charge in [0, 0.05) is 46.8 Å². The van der Waals surface area contributed by atoms with Crippen LogP contribution in [0, 0.1) is 0 Å². The molecule has 3 rings (SSSR count). The molecule has 0 radical (unpaired) electrons. The summed E-state index contributed by atoms with van der Waals surface area (Å²) in [5, 5.41) is 3.46. The van der Waals surface area contributed by atoms with Crippen molar-refractivity contribution in [1.82, 2.24) is 15.1 Å². The van der Waals surface area contributed by atoms with Gasteiger partial charge in [-0.15, -0.1) is 24.0 Å². The Morgan fingerprint density at radius 1 is 1.03 bits per heavy atom. The van der Waals surface area contributed by atoms with Crippen molar-refractivity contribution in [1.29, 1.82) is 0 Å². The lowest BCUT2D eigenvalue weighted by Crippen LogP contribution is -2.38. The summed E-state index contributed by atoms with van der Waals surface area (Å²) in [5.74, 6) is 1.78. The topological polar surface area (TPSA) is 49.3 Å². The number of ether oxygens (including phenoxy) is 2. The van der Waals surface area contributed by atoms with Gasteiger partial charge in [-0.3, -0.25) is 9.89 Å². The molecule has 7 heteroatoms. The third-order valence-corrected chi connectivity index (χ3v) is 5.21. The minimum atomic E-state index is 0. The van der Waals surface area contributed by atoms with E-state index in [1.165, 1.54) is 16.7 Å². The van der Waals surface area contributed by atoms with Gasteiger partial charge in [0.2, 0.25) is 0 Å². The van der Waals surface area contributed by atoms with E-state index >= 15 is 0 Å². The Morgan fingerprint density at radius 3 is 2.26 bits per heavy atom. The molecule has 0 saturated carbocycles. The summed E-state index contributed by atoms with van der Waals surface area (Å²) in [7, 11) is 3.87. The van der Waals surface area contributed by atoms with E-state index in [2.05, 4.69) is 63.6 Å². The highest BCUT2D eigenvalue weighted by Gasteiger charge is 2.11. The Kier molecular flexibility index (Phi) is 11.1. The summed E-state index contributed by atoms with van der Waals surface area (Å²) in [5.41, 5.74) is 3.81. The molecule has 6 nitrogen and oxygen atoms in total. The summed E-state index contributed by atoms with van der Waals surface area (Å²) in [4.78, 5) is 9.00. The van der Waals surface area contributed by atoms with Crippen LogP contribution in [-0.2, 0) is 24.4 Å². The molecule has 0 unspecified atom stereocenters. The van der Waals surface area contributed by atoms with Crippen molar-refractivity contribution in [2.75, 3.05) is 47.0 Å². The molecule has 170 valence electrons. The van der Waals surface area contributed by atoms with Crippen molar-refractivity contribution in [2.24, 2.45) is 4.99 Å². The van der Waals surface area contributed by atoms with Gasteiger partial charge in [-0.05, 0) is 35.7 Å². The minimum Gasteiger partial charge on any atom is -0.494 e. The fraction of sp³-hybridized carbons (Fsp3) is 0.458. The largest absolute Gasteiger partial charge is 0.494 e. The smallest absolute Gasteiger partial charge is 0.193 e. The van der Waals surface area contributed by atoms with Gasteiger partial charge in [0.1, 0.15) is 5.75 Å². The molecule has 1 aliphatic rings. The quantitative estimate of drug-likeness (QED) is 0.316. The van der Waals surface area contributed by atoms with Crippen LogP contribution < -0.4 is 10.1 Å². The summed E-state index contributed by atoms with van der Waals surface area (Å²) >= 11 is 0. The van der Waals surface area contributed by atoms with Crippen LogP contribution in [0.5, 0.6) is 5.75 Å². The number of guanidine groups is 1. The van der Waals surface area contributed by atoms with E-state index in [0.717, 1.165) is 57.6 Å². The fourth-order valence-corrected chi connectivity index (χ4v) is 3.55. The van der Waals surface area contributed by atoms with Crippen LogP contribution in [0.1, 0.15) is 23.6 Å². The fourth-order valence-electron chi connectivity index (χ4n) is 3.55. The molecular formula is C24H35IN4O2. The number of aliphatic imine (C=N–C) groups is 1. The molecule has 1 saturated heterocycles. The van der Waals surface area contributed by atoms with Crippen molar-refractivity contribution in [3.05, 3.63) is 65.2 Å². The normalized spacial score (nSPS) is 14.6. The van der Waals surface area contributed by atoms with Crippen molar-refractivity contribution in [3.8, 4) is 5.75 Å². The number of nitrogens with zero attached hydrogens (tertiary/aromatic N) is 3. The lowest BCUT2D eigenvalue weighted by atomic mass is 10.1. The van der Waals surface area contributed by atoms with Crippen molar-refractivity contribution >= 4 is 29.9 Å². The van der Waals surface area contributed by atoms with E-state index in [0.29, 0.717) is 6.61 Å². The maximum absolute atomic E-state index is 5.51. The maximum Gasteiger partial charge on any atom is 0.193 e. The highest BCUT2D eigenvalue weighted by atomic mass is 127. The van der Waals surface area contributed by atoms with Crippen LogP contribution >= 0.6 is 24.0 Å². The predicted octanol–water partition coefficient (Wildman–Crippen LogP) is 3.74. The lowest BCUT2D eigenvalue weighted by Gasteiger charge is -2.26. The third-order valence-electron chi connectivity index (χ3n) is 5.21. The molecule has 0 spiro atoms. The van der Waals surface area contributed by atoms with Gasteiger partial charge in [0.25, 0.3) is 0 Å². The molecule has 0 atom stereocenters. The molecule has 2 aromatic carbocycles. The molecule has 0 aromatic heterocycles. The molecular weight excluding hydrogens is 503 g/mol. The zero-order chi connectivity index (χ0) is 21.2. The van der Waals surface area contributed by atoms with Crippen molar-refractivity contribution in [2.45, 2.75) is 26.6 Å². The van der Waals surface area contributed by atoms with E-state index in [9.17, 15) is 0 Å². The number of benzene rings is 2. The summed E-state index contributed by atoms with van der Waals surface area (Å²) in [6.45, 7) is 8.91. The van der Waals surface area contributed by atoms with Gasteiger partial charge in [-0.1, -0.05) is 36.4 Å². The second-order valence-electron chi connectivity index (χ2n) is 7.54. The standard InChI is InChI=1S/C24H34N4O2.HI/c1-4-30-23-11-9-21(10-12-23)18-27(3)24(25-2)26-17-20-5-7-22(8-6-20)19-28-13-15-29-16-14-28;/h5-12H,4,13-19H2,1-3H3,(H,25,26);1H. The minimum absolute atomic E-state index is 0. The second-order valence-corrected chi connectivity index (χ2v) is 7.54. The first-order valence-corrected chi connectivity index (χ1v) is 10.7.